The molecule has 1 saturated heterocycles. The zero-order valence-corrected chi connectivity index (χ0v) is 13.4. The van der Waals surface area contributed by atoms with Crippen LogP contribution in [-0.2, 0) is 9.53 Å². The molecule has 7 nitrogen and oxygen atoms in total. The van der Waals surface area contributed by atoms with Gasteiger partial charge >= 0.3 is 6.09 Å². The van der Waals surface area contributed by atoms with Crippen molar-refractivity contribution in [3.63, 3.8) is 0 Å². The summed E-state index contributed by atoms with van der Waals surface area (Å²) in [4.78, 5) is 38.3. The molecule has 1 fully saturated rings. The van der Waals surface area contributed by atoms with Crippen molar-refractivity contribution in [1.29, 1.82) is 0 Å². The van der Waals surface area contributed by atoms with Gasteiger partial charge in [0.1, 0.15) is 6.54 Å². The Morgan fingerprint density at radius 3 is 2.35 bits per heavy atom. The van der Waals surface area contributed by atoms with Crippen molar-refractivity contribution in [3.05, 3.63) is 29.8 Å². The van der Waals surface area contributed by atoms with E-state index in [9.17, 15) is 14.4 Å². The number of anilines is 1. The third-order valence-corrected chi connectivity index (χ3v) is 3.68. The predicted octanol–water partition coefficient (Wildman–Crippen LogP) is 1.56. The number of ether oxygens (including phenoxy) is 1. The predicted molar refractivity (Wildman–Crippen MR) is 85.2 cm³/mol. The van der Waals surface area contributed by atoms with E-state index in [0.29, 0.717) is 11.3 Å². The number of amides is 3. The standard InChI is InChI=1S/C16H21N3O4/c1-18(16(22)23-2)11-14(20)17-13-7-5-12(6-8-13)15(21)19-9-3-4-10-19/h5-8H,3-4,9-11H2,1-2H3,(H,17,20). The minimum atomic E-state index is -0.577. The van der Waals surface area contributed by atoms with E-state index < -0.39 is 6.09 Å². The summed E-state index contributed by atoms with van der Waals surface area (Å²) in [6.07, 6.45) is 1.52. The Kier molecular flexibility index (Phi) is 5.56. The highest BCUT2D eigenvalue weighted by molar-refractivity contribution is 5.96. The van der Waals surface area contributed by atoms with Crippen LogP contribution in [0.3, 0.4) is 0 Å². The van der Waals surface area contributed by atoms with Gasteiger partial charge < -0.3 is 19.9 Å². The number of likely N-dealkylation sites (tertiary alicyclic amines) is 1. The number of benzene rings is 1. The molecule has 0 unspecified atom stereocenters. The summed E-state index contributed by atoms with van der Waals surface area (Å²) in [7, 11) is 2.73. The number of nitrogens with one attached hydrogen (secondary N) is 1. The van der Waals surface area contributed by atoms with Gasteiger partial charge in [-0.25, -0.2) is 4.79 Å². The van der Waals surface area contributed by atoms with Gasteiger partial charge in [-0.15, -0.1) is 0 Å². The molecule has 1 aliphatic heterocycles. The number of hydrogen-bond donors (Lipinski definition) is 1. The van der Waals surface area contributed by atoms with Crippen LogP contribution >= 0.6 is 0 Å². The minimum absolute atomic E-state index is 0.0193. The summed E-state index contributed by atoms with van der Waals surface area (Å²) in [6.45, 7) is 1.50. The fourth-order valence-electron chi connectivity index (χ4n) is 2.44. The quantitative estimate of drug-likeness (QED) is 0.913. The van der Waals surface area contributed by atoms with Crippen molar-refractivity contribution in [2.24, 2.45) is 0 Å². The molecule has 2 rings (SSSR count). The highest BCUT2D eigenvalue weighted by Crippen LogP contribution is 2.15. The first-order valence-electron chi connectivity index (χ1n) is 7.49. The SMILES string of the molecule is COC(=O)N(C)CC(=O)Nc1ccc(C(=O)N2CCCC2)cc1. The molecule has 0 saturated carbocycles. The summed E-state index contributed by atoms with van der Waals surface area (Å²) < 4.78 is 4.52. The van der Waals surface area contributed by atoms with E-state index in [1.807, 2.05) is 4.90 Å². The minimum Gasteiger partial charge on any atom is -0.453 e. The van der Waals surface area contributed by atoms with Crippen molar-refractivity contribution in [1.82, 2.24) is 9.80 Å². The lowest BCUT2D eigenvalue weighted by Gasteiger charge is -2.16. The molecule has 0 radical (unpaired) electrons. The molecular weight excluding hydrogens is 298 g/mol. The lowest BCUT2D eigenvalue weighted by molar-refractivity contribution is -0.116. The molecule has 124 valence electrons. The van der Waals surface area contributed by atoms with Crippen LogP contribution in [0.5, 0.6) is 0 Å². The van der Waals surface area contributed by atoms with Crippen LogP contribution in [0.4, 0.5) is 10.5 Å². The van der Waals surface area contributed by atoms with Crippen LogP contribution in [0, 0.1) is 0 Å². The Balaban J connectivity index is 1.90. The average molecular weight is 319 g/mol. The summed E-state index contributed by atoms with van der Waals surface area (Å²) in [6, 6.07) is 6.75. The number of likely N-dealkylation sites (N-methyl/N-ethyl adjacent to an activating group) is 1. The third-order valence-electron chi connectivity index (χ3n) is 3.68. The van der Waals surface area contributed by atoms with Gasteiger partial charge in [0.25, 0.3) is 5.91 Å². The number of nitrogens with zero attached hydrogens (tertiary/aromatic N) is 2. The Labute approximate surface area is 135 Å². The van der Waals surface area contributed by atoms with Gasteiger partial charge in [0.2, 0.25) is 5.91 Å². The van der Waals surface area contributed by atoms with Crippen LogP contribution in [0.2, 0.25) is 0 Å². The fourth-order valence-corrected chi connectivity index (χ4v) is 2.44. The number of carbonyl (C=O) groups is 3. The summed E-state index contributed by atoms with van der Waals surface area (Å²) in [5.74, 6) is -0.317. The molecule has 1 aromatic rings. The zero-order valence-electron chi connectivity index (χ0n) is 13.4. The molecule has 0 spiro atoms. The van der Waals surface area contributed by atoms with Gasteiger partial charge in [-0.05, 0) is 37.1 Å². The average Bonchev–Trinajstić information content (AvgIpc) is 3.08. The lowest BCUT2D eigenvalue weighted by Crippen LogP contribution is -2.34. The number of methoxy groups -OCH3 is 1. The third kappa shape index (κ3) is 4.45. The molecule has 1 heterocycles. The molecule has 3 amide bonds. The van der Waals surface area contributed by atoms with Crippen LogP contribution in [0.1, 0.15) is 23.2 Å². The maximum absolute atomic E-state index is 12.2. The fraction of sp³-hybridized carbons (Fsp3) is 0.438. The Morgan fingerprint density at radius 1 is 1.17 bits per heavy atom. The first-order chi connectivity index (χ1) is 11.0. The summed E-state index contributed by atoms with van der Waals surface area (Å²) >= 11 is 0. The molecule has 0 atom stereocenters. The highest BCUT2D eigenvalue weighted by Gasteiger charge is 2.19. The second kappa shape index (κ2) is 7.62. The smallest absolute Gasteiger partial charge is 0.409 e. The molecule has 1 N–H and O–H groups in total. The van der Waals surface area contributed by atoms with Crippen LogP contribution in [0.15, 0.2) is 24.3 Å². The summed E-state index contributed by atoms with van der Waals surface area (Å²) in [5, 5.41) is 2.67. The first-order valence-corrected chi connectivity index (χ1v) is 7.49. The van der Waals surface area contributed by atoms with E-state index in [2.05, 4.69) is 10.1 Å². The van der Waals surface area contributed by atoms with Crippen LogP contribution in [-0.4, -0.2) is 61.5 Å². The van der Waals surface area contributed by atoms with E-state index >= 15 is 0 Å². The number of hydrogen-bond acceptors (Lipinski definition) is 4. The van der Waals surface area contributed by atoms with Gasteiger partial charge in [0, 0.05) is 31.4 Å². The van der Waals surface area contributed by atoms with E-state index in [1.54, 1.807) is 24.3 Å². The second-order valence-corrected chi connectivity index (χ2v) is 5.45. The molecule has 1 aliphatic rings. The van der Waals surface area contributed by atoms with Crippen molar-refractivity contribution < 1.29 is 19.1 Å². The lowest BCUT2D eigenvalue weighted by atomic mass is 10.2. The molecule has 7 heteroatoms. The van der Waals surface area contributed by atoms with Crippen molar-refractivity contribution >= 4 is 23.6 Å². The maximum Gasteiger partial charge on any atom is 0.409 e. The van der Waals surface area contributed by atoms with E-state index in [1.165, 1.54) is 19.1 Å². The second-order valence-electron chi connectivity index (χ2n) is 5.45. The number of carbonyl (C=O) groups excluding carboxylic acids is 3. The molecular formula is C16H21N3O4. The molecule has 0 aromatic heterocycles. The van der Waals surface area contributed by atoms with Gasteiger partial charge in [0.05, 0.1) is 7.11 Å². The van der Waals surface area contributed by atoms with Crippen LogP contribution < -0.4 is 5.32 Å². The van der Waals surface area contributed by atoms with E-state index in [-0.39, 0.29) is 18.4 Å². The maximum atomic E-state index is 12.2. The van der Waals surface area contributed by atoms with E-state index in [0.717, 1.165) is 25.9 Å². The topological polar surface area (TPSA) is 79.0 Å². The van der Waals surface area contributed by atoms with Crippen molar-refractivity contribution in [2.75, 3.05) is 39.1 Å². The van der Waals surface area contributed by atoms with E-state index in [4.69, 9.17) is 0 Å². The monoisotopic (exact) mass is 319 g/mol. The van der Waals surface area contributed by atoms with Crippen molar-refractivity contribution in [2.45, 2.75) is 12.8 Å². The molecule has 23 heavy (non-hydrogen) atoms. The first kappa shape index (κ1) is 16.8. The van der Waals surface area contributed by atoms with Gasteiger partial charge in [-0.1, -0.05) is 0 Å². The molecule has 0 aliphatic carbocycles. The molecule has 0 bridgehead atoms. The Bertz CT molecular complexity index is 579. The van der Waals surface area contributed by atoms with Crippen LogP contribution in [0.25, 0.3) is 0 Å². The largest absolute Gasteiger partial charge is 0.453 e. The highest BCUT2D eigenvalue weighted by atomic mass is 16.5. The molecule has 1 aromatic carbocycles. The number of rotatable bonds is 4. The normalized spacial score (nSPS) is 13.6. The Hall–Kier alpha value is -2.57. The van der Waals surface area contributed by atoms with Gasteiger partial charge in [-0.2, -0.15) is 0 Å². The summed E-state index contributed by atoms with van der Waals surface area (Å²) in [5.41, 5.74) is 1.18. The van der Waals surface area contributed by atoms with Gasteiger partial charge in [0.15, 0.2) is 0 Å². The van der Waals surface area contributed by atoms with Gasteiger partial charge in [-0.3, -0.25) is 9.59 Å². The van der Waals surface area contributed by atoms with Crippen molar-refractivity contribution in [3.8, 4) is 0 Å². The zero-order chi connectivity index (χ0) is 16.8. The Morgan fingerprint density at radius 2 is 1.78 bits per heavy atom.